The van der Waals surface area contributed by atoms with E-state index in [0.29, 0.717) is 17.9 Å². The first-order valence-electron chi connectivity index (χ1n) is 9.26. The molecule has 0 saturated heterocycles. The third-order valence-electron chi connectivity index (χ3n) is 4.22. The Bertz CT molecular complexity index is 745. The van der Waals surface area contributed by atoms with Gasteiger partial charge < -0.3 is 11.1 Å². The van der Waals surface area contributed by atoms with E-state index in [1.54, 1.807) is 0 Å². The van der Waals surface area contributed by atoms with E-state index in [-0.39, 0.29) is 5.91 Å². The molecule has 0 heterocycles. The van der Waals surface area contributed by atoms with Crippen LogP contribution >= 0.6 is 15.9 Å². The van der Waals surface area contributed by atoms with Crippen LogP contribution in [0.5, 0.6) is 0 Å². The summed E-state index contributed by atoms with van der Waals surface area (Å²) >= 11 is 3.36. The van der Waals surface area contributed by atoms with Gasteiger partial charge in [-0.3, -0.25) is 9.79 Å². The third kappa shape index (κ3) is 8.00. The number of carbonyl (C=O) groups excluding carboxylic acids is 1. The van der Waals surface area contributed by atoms with Gasteiger partial charge in [0.15, 0.2) is 0 Å². The molecule has 0 atom stereocenters. The molecule has 0 bridgehead atoms. The van der Waals surface area contributed by atoms with Crippen LogP contribution in [-0.2, 0) is 0 Å². The molecule has 4 nitrogen and oxygen atoms in total. The molecule has 2 aromatic rings. The van der Waals surface area contributed by atoms with E-state index in [4.69, 9.17) is 13.6 Å². The number of hydrogen-bond acceptors (Lipinski definition) is 2. The minimum atomic E-state index is -0.0185. The van der Waals surface area contributed by atoms with Gasteiger partial charge in [-0.2, -0.15) is 0 Å². The zero-order valence-corrected chi connectivity index (χ0v) is 17.0. The summed E-state index contributed by atoms with van der Waals surface area (Å²) < 4.78 is 0.971. The van der Waals surface area contributed by atoms with E-state index in [1.165, 1.54) is 0 Å². The van der Waals surface area contributed by atoms with E-state index < -0.39 is 0 Å². The summed E-state index contributed by atoms with van der Waals surface area (Å²) in [5, 5.41) is 2.96. The van der Waals surface area contributed by atoms with Crippen molar-refractivity contribution in [2.45, 2.75) is 32.1 Å². The molecule has 2 radical (unpaired) electrons. The van der Waals surface area contributed by atoms with Gasteiger partial charge in [-0.05, 0) is 37.1 Å². The van der Waals surface area contributed by atoms with Crippen molar-refractivity contribution >= 4 is 41.0 Å². The van der Waals surface area contributed by atoms with Gasteiger partial charge in [0.05, 0.1) is 0 Å². The number of nitrogens with two attached hydrogens (primary N) is 1. The van der Waals surface area contributed by atoms with Crippen LogP contribution in [0, 0.1) is 0 Å². The first-order chi connectivity index (χ1) is 13.1. The number of amidine groups is 1. The molecule has 0 saturated carbocycles. The van der Waals surface area contributed by atoms with Gasteiger partial charge >= 0.3 is 0 Å². The minimum Gasteiger partial charge on any atom is -0.384 e. The number of unbranched alkanes of at least 4 members (excludes halogenated alkanes) is 4. The minimum absolute atomic E-state index is 0.0185. The van der Waals surface area contributed by atoms with Gasteiger partial charge in [-0.1, -0.05) is 64.9 Å². The maximum absolute atomic E-state index is 12.0. The van der Waals surface area contributed by atoms with Crippen molar-refractivity contribution in [3.63, 3.8) is 0 Å². The van der Waals surface area contributed by atoms with Crippen molar-refractivity contribution in [3.05, 3.63) is 64.1 Å². The summed E-state index contributed by atoms with van der Waals surface area (Å²) in [6.45, 7) is 1.44. The second-order valence-corrected chi connectivity index (χ2v) is 7.34. The quantitative estimate of drug-likeness (QED) is 0.265. The molecule has 6 heteroatoms. The Labute approximate surface area is 171 Å². The highest BCUT2D eigenvalue weighted by Gasteiger charge is 2.03. The molecule has 140 valence electrons. The lowest BCUT2D eigenvalue weighted by Gasteiger charge is -2.05. The fourth-order valence-electron chi connectivity index (χ4n) is 2.62. The molecule has 0 aliphatic heterocycles. The molecule has 0 aliphatic carbocycles. The summed E-state index contributed by atoms with van der Waals surface area (Å²) in [7, 11) is 5.66. The highest BCUT2D eigenvalue weighted by atomic mass is 79.9. The molecule has 2 aromatic carbocycles. The number of aliphatic imine (C=N–C) groups is 1. The second kappa shape index (κ2) is 11.6. The lowest BCUT2D eigenvalue weighted by atomic mass is 9.95. The molecule has 0 aliphatic rings. The predicted octanol–water partition coefficient (Wildman–Crippen LogP) is 3.33. The topological polar surface area (TPSA) is 67.5 Å². The Morgan fingerprint density at radius 2 is 1.52 bits per heavy atom. The first-order valence-corrected chi connectivity index (χ1v) is 10.0. The largest absolute Gasteiger partial charge is 0.384 e. The van der Waals surface area contributed by atoms with E-state index in [9.17, 15) is 4.79 Å². The standard InChI is InChI=1S/C21H25BBrN3O/c22-18-10-6-16(7-11-18)20(24)25-14-4-2-1-3-5-15-26-21(27)17-8-12-19(23)13-9-17/h6-13H,1-5,14-15H2,(H2,24,25)(H,26,27). The van der Waals surface area contributed by atoms with Crippen molar-refractivity contribution in [1.82, 2.24) is 5.32 Å². The monoisotopic (exact) mass is 425 g/mol. The number of nitrogens with one attached hydrogen (secondary N) is 1. The molecule has 0 unspecified atom stereocenters. The van der Waals surface area contributed by atoms with Gasteiger partial charge in [0.1, 0.15) is 13.7 Å². The lowest BCUT2D eigenvalue weighted by Crippen LogP contribution is -2.24. The fraction of sp³-hybridized carbons (Fsp3) is 0.333. The summed E-state index contributed by atoms with van der Waals surface area (Å²) in [5.41, 5.74) is 8.30. The summed E-state index contributed by atoms with van der Waals surface area (Å²) in [6, 6.07) is 14.8. The van der Waals surface area contributed by atoms with Crippen molar-refractivity contribution in [1.29, 1.82) is 0 Å². The Kier molecular flexibility index (Phi) is 9.12. The average Bonchev–Trinajstić information content (AvgIpc) is 2.67. The number of nitrogens with zero attached hydrogens (tertiary/aromatic N) is 1. The fourth-order valence-corrected chi connectivity index (χ4v) is 2.88. The maximum atomic E-state index is 12.0. The number of halogens is 1. The zero-order valence-electron chi connectivity index (χ0n) is 15.5. The molecular formula is C21H25BBrN3O. The first kappa shape index (κ1) is 21.2. The van der Waals surface area contributed by atoms with Crippen molar-refractivity contribution in [3.8, 4) is 0 Å². The van der Waals surface area contributed by atoms with Crippen LogP contribution in [-0.4, -0.2) is 32.7 Å². The molecule has 2 rings (SSSR count). The number of amides is 1. The maximum Gasteiger partial charge on any atom is 0.251 e. The van der Waals surface area contributed by atoms with Gasteiger partial charge in [-0.25, -0.2) is 0 Å². The van der Waals surface area contributed by atoms with Gasteiger partial charge in [-0.15, -0.1) is 0 Å². The number of hydrogen-bond donors (Lipinski definition) is 2. The molecule has 0 aromatic heterocycles. The molecule has 3 N–H and O–H groups in total. The Morgan fingerprint density at radius 1 is 0.926 bits per heavy atom. The van der Waals surface area contributed by atoms with Crippen LogP contribution in [0.2, 0.25) is 0 Å². The van der Waals surface area contributed by atoms with Crippen LogP contribution in [0.25, 0.3) is 0 Å². The Balaban J connectivity index is 1.52. The summed E-state index contributed by atoms with van der Waals surface area (Å²) in [4.78, 5) is 16.4. The zero-order chi connectivity index (χ0) is 19.5. The van der Waals surface area contributed by atoms with E-state index in [0.717, 1.165) is 54.1 Å². The number of benzene rings is 2. The van der Waals surface area contributed by atoms with Gasteiger partial charge in [0, 0.05) is 28.7 Å². The number of rotatable bonds is 10. The van der Waals surface area contributed by atoms with Crippen LogP contribution in [0.3, 0.4) is 0 Å². The smallest absolute Gasteiger partial charge is 0.251 e. The van der Waals surface area contributed by atoms with Crippen LogP contribution < -0.4 is 16.5 Å². The summed E-state index contributed by atoms with van der Waals surface area (Å²) in [5.74, 6) is 0.542. The van der Waals surface area contributed by atoms with E-state index in [1.807, 2.05) is 48.5 Å². The van der Waals surface area contributed by atoms with Crippen LogP contribution in [0.15, 0.2) is 58.0 Å². The van der Waals surface area contributed by atoms with E-state index >= 15 is 0 Å². The molecule has 0 fully saturated rings. The normalized spacial score (nSPS) is 11.4. The van der Waals surface area contributed by atoms with Crippen molar-refractivity contribution < 1.29 is 4.79 Å². The third-order valence-corrected chi connectivity index (χ3v) is 4.74. The van der Waals surface area contributed by atoms with Gasteiger partial charge in [0.25, 0.3) is 5.91 Å². The number of carbonyl (C=O) groups is 1. The predicted molar refractivity (Wildman–Crippen MR) is 117 cm³/mol. The van der Waals surface area contributed by atoms with Crippen LogP contribution in [0.1, 0.15) is 48.0 Å². The molecule has 0 spiro atoms. The van der Waals surface area contributed by atoms with Crippen LogP contribution in [0.4, 0.5) is 0 Å². The Hall–Kier alpha value is -2.08. The SMILES string of the molecule is [B]c1ccc(C(N)=NCCCCCCCNC(=O)c2ccc(Br)cc2)cc1. The molecule has 27 heavy (non-hydrogen) atoms. The van der Waals surface area contributed by atoms with Gasteiger partial charge in [0.2, 0.25) is 0 Å². The molecule has 1 amide bonds. The van der Waals surface area contributed by atoms with Crippen molar-refractivity contribution in [2.75, 3.05) is 13.1 Å². The average molecular weight is 426 g/mol. The summed E-state index contributed by atoms with van der Waals surface area (Å²) in [6.07, 6.45) is 5.34. The Morgan fingerprint density at radius 3 is 2.22 bits per heavy atom. The van der Waals surface area contributed by atoms with E-state index in [2.05, 4.69) is 26.2 Å². The second-order valence-electron chi connectivity index (χ2n) is 6.42. The lowest BCUT2D eigenvalue weighted by molar-refractivity contribution is 0.0953. The van der Waals surface area contributed by atoms with Crippen molar-refractivity contribution in [2.24, 2.45) is 10.7 Å². The molecular weight excluding hydrogens is 401 g/mol. The highest BCUT2D eigenvalue weighted by Crippen LogP contribution is 2.10. The highest BCUT2D eigenvalue weighted by molar-refractivity contribution is 9.10.